The molecule has 0 spiro atoms. The van der Waals surface area contributed by atoms with Crippen LogP contribution in [-0.4, -0.2) is 35.6 Å². The van der Waals surface area contributed by atoms with Crippen LogP contribution in [0.1, 0.15) is 36.2 Å². The Labute approximate surface area is 120 Å². The van der Waals surface area contributed by atoms with E-state index in [9.17, 15) is 0 Å². The average Bonchev–Trinajstić information content (AvgIpc) is 2.38. The minimum Gasteiger partial charge on any atom is -0.396 e. The van der Waals surface area contributed by atoms with Gasteiger partial charge in [0.25, 0.3) is 0 Å². The van der Waals surface area contributed by atoms with Crippen LogP contribution in [0.5, 0.6) is 0 Å². The SMILES string of the molecule is Cc1cc(N2CCCC(CCO)C2)c(C(=N)N)c(C)n1. The first-order valence-electron chi connectivity index (χ1n) is 7.21. The molecule has 5 nitrogen and oxygen atoms in total. The van der Waals surface area contributed by atoms with Gasteiger partial charge in [-0.2, -0.15) is 0 Å². The van der Waals surface area contributed by atoms with Crippen LogP contribution in [0, 0.1) is 25.2 Å². The molecule has 0 aliphatic carbocycles. The predicted octanol–water partition coefficient (Wildman–Crippen LogP) is 1.58. The van der Waals surface area contributed by atoms with Crippen molar-refractivity contribution in [3.05, 3.63) is 23.0 Å². The molecule has 2 rings (SSSR count). The number of pyridine rings is 1. The molecule has 1 fully saturated rings. The molecule has 0 radical (unpaired) electrons. The molecule has 1 aromatic heterocycles. The lowest BCUT2D eigenvalue weighted by Crippen LogP contribution is -2.37. The topological polar surface area (TPSA) is 86.2 Å². The van der Waals surface area contributed by atoms with Gasteiger partial charge < -0.3 is 15.7 Å². The maximum Gasteiger partial charge on any atom is 0.126 e. The molecule has 1 aliphatic rings. The van der Waals surface area contributed by atoms with Crippen LogP contribution in [0.2, 0.25) is 0 Å². The predicted molar refractivity (Wildman–Crippen MR) is 81.4 cm³/mol. The molecular formula is C15H24N4O. The van der Waals surface area contributed by atoms with E-state index >= 15 is 0 Å². The van der Waals surface area contributed by atoms with E-state index in [4.69, 9.17) is 16.2 Å². The Morgan fingerprint density at radius 1 is 1.55 bits per heavy atom. The highest BCUT2D eigenvalue weighted by atomic mass is 16.3. The van der Waals surface area contributed by atoms with E-state index in [-0.39, 0.29) is 12.4 Å². The lowest BCUT2D eigenvalue weighted by molar-refractivity contribution is 0.244. The molecular weight excluding hydrogens is 252 g/mol. The van der Waals surface area contributed by atoms with Crippen molar-refractivity contribution in [3.8, 4) is 0 Å². The van der Waals surface area contributed by atoms with Gasteiger partial charge in [0.05, 0.1) is 16.9 Å². The number of aromatic nitrogens is 1. The van der Waals surface area contributed by atoms with Crippen LogP contribution in [0.4, 0.5) is 5.69 Å². The number of amidine groups is 1. The van der Waals surface area contributed by atoms with E-state index in [1.165, 1.54) is 0 Å². The Hall–Kier alpha value is -1.62. The normalized spacial score (nSPS) is 19.1. The summed E-state index contributed by atoms with van der Waals surface area (Å²) in [5, 5.41) is 16.9. The summed E-state index contributed by atoms with van der Waals surface area (Å²) in [5.74, 6) is 0.594. The Morgan fingerprint density at radius 3 is 2.95 bits per heavy atom. The van der Waals surface area contributed by atoms with Crippen molar-refractivity contribution in [2.24, 2.45) is 11.7 Å². The van der Waals surface area contributed by atoms with E-state index < -0.39 is 0 Å². The van der Waals surface area contributed by atoms with Gasteiger partial charge in [-0.3, -0.25) is 10.4 Å². The minimum atomic E-state index is 0.0780. The third-order valence-electron chi connectivity index (χ3n) is 3.97. The van der Waals surface area contributed by atoms with Gasteiger partial charge in [0.1, 0.15) is 5.84 Å². The number of aliphatic hydroxyl groups excluding tert-OH is 1. The zero-order valence-electron chi connectivity index (χ0n) is 12.3. The molecule has 0 aromatic carbocycles. The van der Waals surface area contributed by atoms with Gasteiger partial charge in [-0.25, -0.2) is 0 Å². The number of nitrogen functional groups attached to an aromatic ring is 1. The van der Waals surface area contributed by atoms with Crippen LogP contribution in [-0.2, 0) is 0 Å². The summed E-state index contributed by atoms with van der Waals surface area (Å²) < 4.78 is 0. The van der Waals surface area contributed by atoms with Gasteiger partial charge in [0.15, 0.2) is 0 Å². The fourth-order valence-electron chi connectivity index (χ4n) is 3.09. The summed E-state index contributed by atoms with van der Waals surface area (Å²) in [4.78, 5) is 6.71. The summed E-state index contributed by atoms with van der Waals surface area (Å²) in [7, 11) is 0. The smallest absolute Gasteiger partial charge is 0.126 e. The number of anilines is 1. The molecule has 0 amide bonds. The zero-order valence-corrected chi connectivity index (χ0v) is 12.3. The van der Waals surface area contributed by atoms with Crippen LogP contribution in [0.25, 0.3) is 0 Å². The molecule has 1 atom stereocenters. The lowest BCUT2D eigenvalue weighted by atomic mass is 9.94. The van der Waals surface area contributed by atoms with Gasteiger partial charge in [-0.15, -0.1) is 0 Å². The average molecular weight is 276 g/mol. The number of nitrogens with one attached hydrogen (secondary N) is 1. The minimum absolute atomic E-state index is 0.0780. The van der Waals surface area contributed by atoms with Crippen LogP contribution in [0.3, 0.4) is 0 Å². The van der Waals surface area contributed by atoms with Crippen molar-refractivity contribution in [1.82, 2.24) is 4.98 Å². The quantitative estimate of drug-likeness (QED) is 0.575. The molecule has 1 saturated heterocycles. The fraction of sp³-hybridized carbons (Fsp3) is 0.600. The molecule has 2 heterocycles. The zero-order chi connectivity index (χ0) is 14.7. The van der Waals surface area contributed by atoms with Gasteiger partial charge in [0.2, 0.25) is 0 Å². The summed E-state index contributed by atoms with van der Waals surface area (Å²) in [6.45, 7) is 6.01. The largest absolute Gasteiger partial charge is 0.396 e. The second-order valence-corrected chi connectivity index (χ2v) is 5.62. The summed E-state index contributed by atoms with van der Waals surface area (Å²) in [5.41, 5.74) is 9.28. The van der Waals surface area contributed by atoms with Gasteiger partial charge >= 0.3 is 0 Å². The Morgan fingerprint density at radius 2 is 2.30 bits per heavy atom. The second-order valence-electron chi connectivity index (χ2n) is 5.62. The van der Waals surface area contributed by atoms with Crippen molar-refractivity contribution >= 4 is 11.5 Å². The van der Waals surface area contributed by atoms with Crippen LogP contribution < -0.4 is 10.6 Å². The Balaban J connectivity index is 2.33. The van der Waals surface area contributed by atoms with E-state index in [2.05, 4.69) is 9.88 Å². The summed E-state index contributed by atoms with van der Waals surface area (Å²) >= 11 is 0. The van der Waals surface area contributed by atoms with E-state index in [0.717, 1.165) is 55.0 Å². The molecule has 4 N–H and O–H groups in total. The molecule has 1 unspecified atom stereocenters. The van der Waals surface area contributed by atoms with Crippen molar-refractivity contribution in [2.45, 2.75) is 33.1 Å². The first-order valence-corrected chi connectivity index (χ1v) is 7.21. The summed E-state index contributed by atoms with van der Waals surface area (Å²) in [6, 6.07) is 2.02. The molecule has 1 aliphatic heterocycles. The highest BCUT2D eigenvalue weighted by molar-refractivity contribution is 6.01. The molecule has 0 bridgehead atoms. The number of piperidine rings is 1. The molecule has 0 saturated carbocycles. The van der Waals surface area contributed by atoms with Crippen molar-refractivity contribution < 1.29 is 5.11 Å². The van der Waals surface area contributed by atoms with Gasteiger partial charge in [-0.05, 0) is 45.1 Å². The highest BCUT2D eigenvalue weighted by Crippen LogP contribution is 2.29. The van der Waals surface area contributed by atoms with Crippen molar-refractivity contribution in [1.29, 1.82) is 5.41 Å². The van der Waals surface area contributed by atoms with E-state index in [1.54, 1.807) is 0 Å². The van der Waals surface area contributed by atoms with Crippen molar-refractivity contribution in [3.63, 3.8) is 0 Å². The molecule has 1 aromatic rings. The number of aliphatic hydroxyl groups is 1. The second kappa shape index (κ2) is 6.22. The maximum atomic E-state index is 9.12. The first kappa shape index (κ1) is 14.8. The van der Waals surface area contributed by atoms with Crippen molar-refractivity contribution in [2.75, 3.05) is 24.6 Å². The standard InChI is InChI=1S/C15H24N4O/c1-10-8-13(14(15(16)17)11(2)18-10)19-6-3-4-12(9-19)5-7-20/h8,12,20H,3-7,9H2,1-2H3,(H3,16,17). The number of aryl methyl sites for hydroxylation is 2. The summed E-state index contributed by atoms with van der Waals surface area (Å²) in [6.07, 6.45) is 3.12. The number of nitrogens with zero attached hydrogens (tertiary/aromatic N) is 2. The molecule has 110 valence electrons. The van der Waals surface area contributed by atoms with E-state index in [0.29, 0.717) is 5.92 Å². The number of rotatable bonds is 4. The lowest BCUT2D eigenvalue weighted by Gasteiger charge is -2.35. The number of hydrogen-bond acceptors (Lipinski definition) is 4. The third-order valence-corrected chi connectivity index (χ3v) is 3.97. The van der Waals surface area contributed by atoms with E-state index in [1.807, 2.05) is 19.9 Å². The van der Waals surface area contributed by atoms with Gasteiger partial charge in [-0.1, -0.05) is 0 Å². The monoisotopic (exact) mass is 276 g/mol. The number of nitrogens with two attached hydrogens (primary N) is 1. The Bertz CT molecular complexity index is 499. The van der Waals surface area contributed by atoms with Gasteiger partial charge in [0, 0.05) is 25.4 Å². The number of hydrogen-bond donors (Lipinski definition) is 3. The fourth-order valence-corrected chi connectivity index (χ4v) is 3.09. The Kier molecular flexibility index (Phi) is 4.60. The maximum absolute atomic E-state index is 9.12. The van der Waals surface area contributed by atoms with Crippen LogP contribution >= 0.6 is 0 Å². The van der Waals surface area contributed by atoms with Crippen LogP contribution in [0.15, 0.2) is 6.07 Å². The molecule has 5 heteroatoms. The third kappa shape index (κ3) is 3.10. The first-order chi connectivity index (χ1) is 9.52. The highest BCUT2D eigenvalue weighted by Gasteiger charge is 2.23. The molecule has 20 heavy (non-hydrogen) atoms.